The third-order valence-electron chi connectivity index (χ3n) is 13.0. The van der Waals surface area contributed by atoms with Gasteiger partial charge in [0.05, 0.1) is 17.8 Å². The van der Waals surface area contributed by atoms with Gasteiger partial charge in [-0.2, -0.15) is 0 Å². The summed E-state index contributed by atoms with van der Waals surface area (Å²) >= 11 is 0. The Morgan fingerprint density at radius 3 is 1.20 bits per heavy atom. The minimum absolute atomic E-state index is 0.184. The van der Waals surface area contributed by atoms with Crippen molar-refractivity contribution >= 4 is 17.8 Å². The smallest absolute Gasteiger partial charge is 0.306 e. The van der Waals surface area contributed by atoms with Gasteiger partial charge in [-0.05, 0) is 79.1 Å². The number of methoxy groups -OCH3 is 1. The highest BCUT2D eigenvalue weighted by molar-refractivity contribution is 5.84. The Bertz CT molecular complexity index is 1130. The molecule has 0 aliphatic rings. The molecule has 0 aromatic carbocycles. The molecule has 0 bridgehead atoms. The van der Waals surface area contributed by atoms with Crippen molar-refractivity contribution in [2.24, 2.45) is 5.41 Å². The quantitative estimate of drug-likeness (QED) is 0.0480. The lowest BCUT2D eigenvalue weighted by Crippen LogP contribution is -2.52. The Morgan fingerprint density at radius 2 is 0.828 bits per heavy atom. The van der Waals surface area contributed by atoms with Gasteiger partial charge in [-0.3, -0.25) is 14.4 Å². The fraction of sp³-hybridized carbons (Fsp3) is 0.946. The van der Waals surface area contributed by atoms with Crippen molar-refractivity contribution in [3.8, 4) is 0 Å². The van der Waals surface area contributed by atoms with Crippen LogP contribution in [0.15, 0.2) is 0 Å². The SMILES string of the molecule is CCCCCCCCCCCCCCCCCC(=O)OCC(OC(=O)CCCCCCCCCCCCCCCCC)C(=O)NC(C)(C)CC(C)(C)CC(C)(C)OCCC(C)(C)OC. The lowest BCUT2D eigenvalue weighted by molar-refractivity contribution is -0.165. The molecule has 0 spiro atoms. The maximum Gasteiger partial charge on any atom is 0.306 e. The van der Waals surface area contributed by atoms with E-state index in [1.54, 1.807) is 7.11 Å². The molecule has 0 aliphatic heterocycles. The van der Waals surface area contributed by atoms with Crippen LogP contribution in [0.5, 0.6) is 0 Å². The molecule has 0 saturated heterocycles. The Labute approximate surface area is 397 Å². The zero-order valence-corrected chi connectivity index (χ0v) is 44.6. The normalized spacial score (nSPS) is 13.0. The van der Waals surface area contributed by atoms with Gasteiger partial charge < -0.3 is 24.3 Å². The number of hydrogen-bond donors (Lipinski definition) is 1. The first-order valence-corrected chi connectivity index (χ1v) is 27.2. The van der Waals surface area contributed by atoms with Crippen LogP contribution in [-0.4, -0.2) is 61.0 Å². The van der Waals surface area contributed by atoms with E-state index < -0.39 is 23.5 Å². The van der Waals surface area contributed by atoms with Gasteiger partial charge in [0.2, 0.25) is 6.10 Å². The molecule has 380 valence electrons. The molecule has 0 aromatic heterocycles. The third-order valence-corrected chi connectivity index (χ3v) is 13.0. The summed E-state index contributed by atoms with van der Waals surface area (Å²) in [6, 6.07) is 0. The van der Waals surface area contributed by atoms with Crippen molar-refractivity contribution in [1.82, 2.24) is 5.32 Å². The van der Waals surface area contributed by atoms with Crippen LogP contribution in [0.1, 0.15) is 294 Å². The van der Waals surface area contributed by atoms with Gasteiger partial charge in [0.25, 0.3) is 5.91 Å². The van der Waals surface area contributed by atoms with Crippen LogP contribution in [0.2, 0.25) is 0 Å². The second kappa shape index (κ2) is 38.3. The molecule has 1 atom stereocenters. The molecular formula is C56H109NO7. The Morgan fingerprint density at radius 1 is 0.469 bits per heavy atom. The first kappa shape index (κ1) is 62.3. The number of hydrogen-bond acceptors (Lipinski definition) is 7. The molecule has 0 saturated carbocycles. The average Bonchev–Trinajstić information content (AvgIpc) is 3.20. The highest BCUT2D eigenvalue weighted by Crippen LogP contribution is 2.37. The number of rotatable bonds is 46. The van der Waals surface area contributed by atoms with Gasteiger partial charge in [-0.25, -0.2) is 0 Å². The average molecular weight is 908 g/mol. The van der Waals surface area contributed by atoms with Crippen molar-refractivity contribution in [2.75, 3.05) is 20.3 Å². The van der Waals surface area contributed by atoms with Gasteiger partial charge in [0, 0.05) is 25.5 Å². The zero-order chi connectivity index (χ0) is 48.0. The first-order chi connectivity index (χ1) is 30.4. The van der Waals surface area contributed by atoms with E-state index in [4.69, 9.17) is 18.9 Å². The summed E-state index contributed by atoms with van der Waals surface area (Å²) in [4.78, 5) is 39.8. The van der Waals surface area contributed by atoms with Crippen LogP contribution in [0, 0.1) is 5.41 Å². The highest BCUT2D eigenvalue weighted by Gasteiger charge is 2.37. The number of carbonyl (C=O) groups excluding carboxylic acids is 3. The molecule has 1 amide bonds. The fourth-order valence-corrected chi connectivity index (χ4v) is 9.50. The number of esters is 2. The second-order valence-electron chi connectivity index (χ2n) is 22.3. The number of ether oxygens (including phenoxy) is 4. The minimum Gasteiger partial charge on any atom is -0.461 e. The molecule has 8 heteroatoms. The number of carbonyl (C=O) groups is 3. The van der Waals surface area contributed by atoms with Crippen LogP contribution in [0.3, 0.4) is 0 Å². The summed E-state index contributed by atoms with van der Waals surface area (Å²) in [6.45, 7) is 21.6. The van der Waals surface area contributed by atoms with Crippen LogP contribution in [-0.2, 0) is 33.3 Å². The van der Waals surface area contributed by atoms with Crippen molar-refractivity contribution in [2.45, 2.75) is 317 Å². The number of nitrogens with one attached hydrogen (secondary N) is 1. The van der Waals surface area contributed by atoms with E-state index in [2.05, 4.69) is 60.7 Å². The summed E-state index contributed by atoms with van der Waals surface area (Å²) in [5.41, 5.74) is -1.43. The first-order valence-electron chi connectivity index (χ1n) is 27.2. The molecule has 0 fully saturated rings. The lowest BCUT2D eigenvalue weighted by Gasteiger charge is -2.41. The van der Waals surface area contributed by atoms with E-state index in [1.807, 2.05) is 13.8 Å². The molecule has 0 radical (unpaired) electrons. The predicted molar refractivity (Wildman–Crippen MR) is 271 cm³/mol. The van der Waals surface area contributed by atoms with Gasteiger partial charge in [0.1, 0.15) is 6.61 Å². The van der Waals surface area contributed by atoms with Gasteiger partial charge in [-0.15, -0.1) is 0 Å². The van der Waals surface area contributed by atoms with E-state index in [1.165, 1.54) is 154 Å². The molecule has 0 aromatic rings. The largest absolute Gasteiger partial charge is 0.461 e. The molecular weight excluding hydrogens is 799 g/mol. The van der Waals surface area contributed by atoms with E-state index in [0.29, 0.717) is 19.4 Å². The lowest BCUT2D eigenvalue weighted by atomic mass is 9.73. The monoisotopic (exact) mass is 908 g/mol. The van der Waals surface area contributed by atoms with Gasteiger partial charge in [0.15, 0.2) is 0 Å². The Balaban J connectivity index is 4.93. The molecule has 8 nitrogen and oxygen atoms in total. The molecule has 1 unspecified atom stereocenters. The standard InChI is InChI=1S/C56H109NO7/c1-12-14-16-18-20-22-24-26-28-30-32-34-36-38-40-42-50(58)62-46-49(64-51(59)43-41-39-37-35-33-31-29-27-25-23-21-19-17-15-13-2)52(60)57-54(5,6)47-53(3,4)48-56(9,10)63-45-44-55(7,8)61-11/h49H,12-48H2,1-11H3,(H,57,60). The maximum absolute atomic E-state index is 13.8. The van der Waals surface area contributed by atoms with Crippen molar-refractivity contribution in [3.63, 3.8) is 0 Å². The summed E-state index contributed by atoms with van der Waals surface area (Å²) in [5.74, 6) is -1.19. The van der Waals surface area contributed by atoms with Gasteiger partial charge in [-0.1, -0.05) is 207 Å². The van der Waals surface area contributed by atoms with Crippen molar-refractivity contribution < 1.29 is 33.3 Å². The van der Waals surface area contributed by atoms with Crippen molar-refractivity contribution in [1.29, 1.82) is 0 Å². The van der Waals surface area contributed by atoms with E-state index in [9.17, 15) is 14.4 Å². The third kappa shape index (κ3) is 39.5. The predicted octanol–water partition coefficient (Wildman–Crippen LogP) is 16.3. The molecule has 0 heterocycles. The fourth-order valence-electron chi connectivity index (χ4n) is 9.50. The minimum atomic E-state index is -1.19. The molecule has 0 rings (SSSR count). The van der Waals surface area contributed by atoms with E-state index in [-0.39, 0.29) is 35.6 Å². The van der Waals surface area contributed by atoms with E-state index in [0.717, 1.165) is 51.4 Å². The topological polar surface area (TPSA) is 100 Å². The zero-order valence-electron chi connectivity index (χ0n) is 44.6. The van der Waals surface area contributed by atoms with Crippen LogP contribution >= 0.6 is 0 Å². The van der Waals surface area contributed by atoms with Crippen LogP contribution in [0.4, 0.5) is 0 Å². The summed E-state index contributed by atoms with van der Waals surface area (Å²) in [6.07, 6.45) is 39.3. The number of amides is 1. The summed E-state index contributed by atoms with van der Waals surface area (Å²) in [5, 5.41) is 3.16. The maximum atomic E-state index is 13.8. The van der Waals surface area contributed by atoms with Crippen LogP contribution in [0.25, 0.3) is 0 Å². The highest BCUT2D eigenvalue weighted by atomic mass is 16.6. The Kier molecular flexibility index (Phi) is 37.3. The molecule has 0 aliphatic carbocycles. The molecule has 64 heavy (non-hydrogen) atoms. The summed E-state index contributed by atoms with van der Waals surface area (Å²) < 4.78 is 23.3. The van der Waals surface area contributed by atoms with E-state index >= 15 is 0 Å². The van der Waals surface area contributed by atoms with Crippen LogP contribution < -0.4 is 5.32 Å². The number of unbranched alkanes of at least 4 members (excludes halogenated alkanes) is 28. The molecule has 1 N–H and O–H groups in total. The van der Waals surface area contributed by atoms with Gasteiger partial charge >= 0.3 is 11.9 Å². The summed E-state index contributed by atoms with van der Waals surface area (Å²) in [7, 11) is 1.73. The van der Waals surface area contributed by atoms with Crippen molar-refractivity contribution in [3.05, 3.63) is 0 Å². The Hall–Kier alpha value is -1.67. The second-order valence-corrected chi connectivity index (χ2v) is 22.3.